The molecule has 0 radical (unpaired) electrons. The predicted octanol–water partition coefficient (Wildman–Crippen LogP) is 1.26. The zero-order chi connectivity index (χ0) is 5.54. The monoisotopic (exact) mass is 100 g/mol. The van der Waals surface area contributed by atoms with Gasteiger partial charge in [-0.25, -0.2) is 0 Å². The molecule has 0 heterocycles. The topological polar surface area (TPSA) is 18.5 Å². The van der Waals surface area contributed by atoms with Gasteiger partial charge in [0, 0.05) is 0 Å². The lowest BCUT2D eigenvalue weighted by Crippen LogP contribution is -1.65. The van der Waals surface area contributed by atoms with Crippen LogP contribution in [0.2, 0.25) is 0 Å². The van der Waals surface area contributed by atoms with E-state index in [1.54, 1.807) is 7.11 Å². The van der Waals surface area contributed by atoms with E-state index >= 15 is 0 Å². The lowest BCUT2D eigenvalue weighted by Gasteiger charge is -1.84. The average Bonchev–Trinajstić information content (AvgIpc) is 1.69. The summed E-state index contributed by atoms with van der Waals surface area (Å²) in [5.74, 6) is 0. The molecule has 0 aromatic heterocycles. The summed E-state index contributed by atoms with van der Waals surface area (Å²) in [6, 6.07) is 0. The van der Waals surface area contributed by atoms with Crippen molar-refractivity contribution in [2.75, 3.05) is 7.11 Å². The number of ether oxygens (including phenoxy) is 2. The van der Waals surface area contributed by atoms with Crippen molar-refractivity contribution < 1.29 is 9.47 Å². The van der Waals surface area contributed by atoms with Crippen LogP contribution in [-0.4, -0.2) is 7.11 Å². The van der Waals surface area contributed by atoms with Gasteiger partial charge in [-0.1, -0.05) is 6.58 Å². The summed E-state index contributed by atoms with van der Waals surface area (Å²) < 4.78 is 9.02. The Morgan fingerprint density at radius 3 is 2.57 bits per heavy atom. The van der Waals surface area contributed by atoms with Crippen LogP contribution in [0.4, 0.5) is 0 Å². The van der Waals surface area contributed by atoms with Crippen LogP contribution in [0.1, 0.15) is 0 Å². The molecule has 0 spiro atoms. The SMILES string of the molecule is C=COC=COC. The summed E-state index contributed by atoms with van der Waals surface area (Å²) in [4.78, 5) is 0. The molecule has 0 aliphatic heterocycles. The molecule has 0 amide bonds. The zero-order valence-corrected chi connectivity index (χ0v) is 4.26. The van der Waals surface area contributed by atoms with Crippen molar-refractivity contribution >= 4 is 0 Å². The molecular weight excluding hydrogens is 92.1 g/mol. The highest BCUT2D eigenvalue weighted by Gasteiger charge is 1.59. The second kappa shape index (κ2) is 5.08. The maximum atomic E-state index is 4.53. The third-order valence-corrected chi connectivity index (χ3v) is 0.366. The van der Waals surface area contributed by atoms with Gasteiger partial charge in [0.2, 0.25) is 0 Å². The molecular formula is C5H8O2. The summed E-state index contributed by atoms with van der Waals surface area (Å²) in [5, 5.41) is 0. The average molecular weight is 100 g/mol. The first-order chi connectivity index (χ1) is 3.41. The molecule has 0 aromatic carbocycles. The highest BCUT2D eigenvalue weighted by Crippen LogP contribution is 1.75. The first kappa shape index (κ1) is 6.08. The molecule has 0 saturated carbocycles. The third-order valence-electron chi connectivity index (χ3n) is 0.366. The Balaban J connectivity index is 2.92. The third kappa shape index (κ3) is 5.08. The van der Waals surface area contributed by atoms with Gasteiger partial charge in [0.15, 0.2) is 0 Å². The molecule has 0 fully saturated rings. The van der Waals surface area contributed by atoms with E-state index in [1.807, 2.05) is 0 Å². The van der Waals surface area contributed by atoms with Gasteiger partial charge in [0.1, 0.15) is 12.5 Å². The largest absolute Gasteiger partial charge is 0.501 e. The summed E-state index contributed by atoms with van der Waals surface area (Å²) >= 11 is 0. The van der Waals surface area contributed by atoms with Gasteiger partial charge < -0.3 is 9.47 Å². The van der Waals surface area contributed by atoms with Crippen LogP contribution in [0.3, 0.4) is 0 Å². The second-order valence-corrected chi connectivity index (χ2v) is 0.811. The molecule has 0 N–H and O–H groups in total. The van der Waals surface area contributed by atoms with E-state index in [9.17, 15) is 0 Å². The Morgan fingerprint density at radius 1 is 1.43 bits per heavy atom. The van der Waals surface area contributed by atoms with Crippen molar-refractivity contribution in [3.05, 3.63) is 25.4 Å². The molecule has 0 rings (SSSR count). The van der Waals surface area contributed by atoms with Crippen LogP contribution < -0.4 is 0 Å². The molecule has 0 aliphatic carbocycles. The molecule has 7 heavy (non-hydrogen) atoms. The quantitative estimate of drug-likeness (QED) is 0.497. The van der Waals surface area contributed by atoms with Crippen molar-refractivity contribution in [1.82, 2.24) is 0 Å². The van der Waals surface area contributed by atoms with Gasteiger partial charge >= 0.3 is 0 Å². The minimum Gasteiger partial charge on any atom is -0.501 e. The van der Waals surface area contributed by atoms with Crippen LogP contribution in [0.25, 0.3) is 0 Å². The van der Waals surface area contributed by atoms with Crippen molar-refractivity contribution in [2.24, 2.45) is 0 Å². The summed E-state index contributed by atoms with van der Waals surface area (Å²) in [6.45, 7) is 3.30. The van der Waals surface area contributed by atoms with Crippen molar-refractivity contribution in [2.45, 2.75) is 0 Å². The van der Waals surface area contributed by atoms with Crippen LogP contribution in [0, 0.1) is 0 Å². The van der Waals surface area contributed by atoms with Gasteiger partial charge in [0.05, 0.1) is 13.4 Å². The lowest BCUT2D eigenvalue weighted by molar-refractivity contribution is 0.306. The van der Waals surface area contributed by atoms with Gasteiger partial charge in [-0.05, 0) is 0 Å². The number of hydrogen-bond donors (Lipinski definition) is 0. The van der Waals surface area contributed by atoms with Crippen LogP contribution in [-0.2, 0) is 9.47 Å². The van der Waals surface area contributed by atoms with Crippen molar-refractivity contribution in [3.8, 4) is 0 Å². The smallest absolute Gasteiger partial charge is 0.124 e. The number of hydrogen-bond acceptors (Lipinski definition) is 2. The fourth-order valence-corrected chi connectivity index (χ4v) is 0.143. The lowest BCUT2D eigenvalue weighted by atomic mass is 11.0. The molecule has 0 atom stereocenters. The maximum Gasteiger partial charge on any atom is 0.124 e. The molecule has 2 nitrogen and oxygen atoms in total. The molecule has 0 unspecified atom stereocenters. The molecule has 2 heteroatoms. The van der Waals surface area contributed by atoms with Crippen LogP contribution >= 0.6 is 0 Å². The Labute approximate surface area is 43.0 Å². The fraction of sp³-hybridized carbons (Fsp3) is 0.200. The van der Waals surface area contributed by atoms with E-state index in [1.165, 1.54) is 18.8 Å². The zero-order valence-electron chi connectivity index (χ0n) is 4.26. The van der Waals surface area contributed by atoms with Gasteiger partial charge in [0.25, 0.3) is 0 Å². The van der Waals surface area contributed by atoms with E-state index in [4.69, 9.17) is 0 Å². The minimum atomic E-state index is 1.32. The summed E-state index contributed by atoms with van der Waals surface area (Å²) in [6.07, 6.45) is 4.13. The summed E-state index contributed by atoms with van der Waals surface area (Å²) in [5.41, 5.74) is 0. The Morgan fingerprint density at radius 2 is 2.14 bits per heavy atom. The normalized spacial score (nSPS) is 8.71. The van der Waals surface area contributed by atoms with Crippen LogP contribution in [0.5, 0.6) is 0 Å². The molecule has 40 valence electrons. The van der Waals surface area contributed by atoms with Crippen molar-refractivity contribution in [3.63, 3.8) is 0 Å². The first-order valence-electron chi connectivity index (χ1n) is 1.86. The number of rotatable bonds is 3. The van der Waals surface area contributed by atoms with Gasteiger partial charge in [-0.15, -0.1) is 0 Å². The Bertz CT molecular complexity index is 66.5. The molecule has 0 bridgehead atoms. The Kier molecular flexibility index (Phi) is 4.41. The number of methoxy groups -OCH3 is 1. The summed E-state index contributed by atoms with van der Waals surface area (Å²) in [7, 11) is 1.54. The fourth-order valence-electron chi connectivity index (χ4n) is 0.143. The van der Waals surface area contributed by atoms with E-state index in [2.05, 4.69) is 16.1 Å². The second-order valence-electron chi connectivity index (χ2n) is 0.811. The van der Waals surface area contributed by atoms with E-state index in [0.717, 1.165) is 0 Å². The molecule has 0 saturated heterocycles. The van der Waals surface area contributed by atoms with Crippen LogP contribution in [0.15, 0.2) is 25.4 Å². The maximum absolute atomic E-state index is 4.53. The molecule has 0 aromatic rings. The predicted molar refractivity (Wildman–Crippen MR) is 27.4 cm³/mol. The van der Waals surface area contributed by atoms with E-state index in [0.29, 0.717) is 0 Å². The highest BCUT2D eigenvalue weighted by molar-refractivity contribution is 4.64. The van der Waals surface area contributed by atoms with E-state index in [-0.39, 0.29) is 0 Å². The molecule has 0 aliphatic rings. The minimum absolute atomic E-state index is 1.32. The first-order valence-corrected chi connectivity index (χ1v) is 1.86. The van der Waals surface area contributed by atoms with Crippen molar-refractivity contribution in [1.29, 1.82) is 0 Å². The highest BCUT2D eigenvalue weighted by atomic mass is 16.5. The van der Waals surface area contributed by atoms with Gasteiger partial charge in [-0.2, -0.15) is 0 Å². The standard InChI is InChI=1S/C5H8O2/c1-3-7-5-4-6-2/h3-5H,1H2,2H3. The Hall–Kier alpha value is -0.920. The van der Waals surface area contributed by atoms with E-state index < -0.39 is 0 Å². The van der Waals surface area contributed by atoms with Gasteiger partial charge in [-0.3, -0.25) is 0 Å².